The average Bonchev–Trinajstić information content (AvgIpc) is 2.74. The van der Waals surface area contributed by atoms with E-state index in [0.717, 1.165) is 24.0 Å². The van der Waals surface area contributed by atoms with Crippen LogP contribution in [0.2, 0.25) is 0 Å². The largest absolute Gasteiger partial charge is 0.491 e. The fraction of sp³-hybridized carbons (Fsp3) is 0.720. The molecular weight excluding hydrogens is 412 g/mol. The van der Waals surface area contributed by atoms with Gasteiger partial charge >= 0.3 is 6.09 Å². The second-order valence-corrected chi connectivity index (χ2v) is 9.75. The normalized spacial score (nSPS) is 30.7. The number of nitrogens with one attached hydrogen (secondary N) is 1. The number of rotatable bonds is 9. The molecule has 0 spiro atoms. The molecule has 31 heavy (non-hydrogen) atoms. The van der Waals surface area contributed by atoms with E-state index in [2.05, 4.69) is 31.2 Å². The van der Waals surface area contributed by atoms with Crippen LogP contribution in [0.3, 0.4) is 0 Å². The molecule has 0 aliphatic heterocycles. The third-order valence-electron chi connectivity index (χ3n) is 7.68. The van der Waals surface area contributed by atoms with Gasteiger partial charge in [0.2, 0.25) is 0 Å². The number of benzene rings is 1. The highest BCUT2D eigenvalue weighted by Gasteiger charge is 2.57. The Morgan fingerprint density at radius 3 is 2.45 bits per heavy atom. The Kier molecular flexibility index (Phi) is 8.51. The van der Waals surface area contributed by atoms with Gasteiger partial charge in [-0.1, -0.05) is 38.3 Å². The van der Waals surface area contributed by atoms with Crippen molar-refractivity contribution in [2.45, 2.75) is 70.4 Å². The van der Waals surface area contributed by atoms with Gasteiger partial charge in [-0.2, -0.15) is 0 Å². The van der Waals surface area contributed by atoms with Crippen LogP contribution in [-0.4, -0.2) is 43.8 Å². The van der Waals surface area contributed by atoms with E-state index in [9.17, 15) is 4.79 Å². The number of hydrogen-bond acceptors (Lipinski definition) is 4. The van der Waals surface area contributed by atoms with Crippen molar-refractivity contribution in [2.75, 3.05) is 26.0 Å². The number of likely N-dealkylation sites (N-methyl/N-ethyl adjacent to an activating group) is 1. The van der Waals surface area contributed by atoms with Gasteiger partial charge in [0.15, 0.2) is 0 Å². The molecule has 5 fully saturated rings. The van der Waals surface area contributed by atoms with Crippen LogP contribution in [0.4, 0.5) is 10.5 Å². The summed E-state index contributed by atoms with van der Waals surface area (Å²) in [5.74, 6) is 3.45. The van der Waals surface area contributed by atoms with E-state index in [1.165, 1.54) is 44.9 Å². The number of carbonyl (C=O) groups is 1. The maximum atomic E-state index is 12.9. The van der Waals surface area contributed by atoms with E-state index in [1.807, 2.05) is 24.3 Å². The summed E-state index contributed by atoms with van der Waals surface area (Å²) >= 11 is 0. The Morgan fingerprint density at radius 1 is 1.06 bits per heavy atom. The summed E-state index contributed by atoms with van der Waals surface area (Å²) < 4.78 is 12.1. The highest BCUT2D eigenvalue weighted by atomic mass is 35.5. The maximum Gasteiger partial charge on any atom is 0.412 e. The third-order valence-corrected chi connectivity index (χ3v) is 7.68. The van der Waals surface area contributed by atoms with Gasteiger partial charge in [0.25, 0.3) is 0 Å². The first-order valence-corrected chi connectivity index (χ1v) is 11.9. The van der Waals surface area contributed by atoms with E-state index >= 15 is 0 Å². The molecule has 0 saturated heterocycles. The molecule has 6 rings (SSSR count). The second kappa shape index (κ2) is 10.9. The first kappa shape index (κ1) is 24.2. The summed E-state index contributed by atoms with van der Waals surface area (Å²) in [6.45, 7) is 2.88. The van der Waals surface area contributed by atoms with Crippen molar-refractivity contribution in [3.63, 3.8) is 0 Å². The lowest BCUT2D eigenvalue weighted by Crippen LogP contribution is -2.63. The van der Waals surface area contributed by atoms with Crippen LogP contribution in [0.1, 0.15) is 58.3 Å². The summed E-state index contributed by atoms with van der Waals surface area (Å²) in [6.07, 6.45) is 9.50. The standard InChI is InChI=1S/C25H38N2O3.ClH/c1-4-5-6-9-14-29-22-11-8-7-10-21(22)26-25(28)30-24-20-16-17-12-13-18(20)15-19(17)23(24)27(2)3;/h7-8,10-11,17-20,23-24H,4-6,9,12-16H2,1-3H3,(H,26,28);1H. The number of hydrogen-bond donors (Lipinski definition) is 1. The highest BCUT2D eigenvalue weighted by Crippen LogP contribution is 2.57. The predicted octanol–water partition coefficient (Wildman–Crippen LogP) is 5.98. The monoisotopic (exact) mass is 450 g/mol. The minimum atomic E-state index is -0.350. The number of nitrogens with zero attached hydrogens (tertiary/aromatic N) is 1. The third kappa shape index (κ3) is 5.31. The van der Waals surface area contributed by atoms with E-state index < -0.39 is 0 Å². The van der Waals surface area contributed by atoms with Gasteiger partial charge in [-0.25, -0.2) is 4.79 Å². The number of carbonyl (C=O) groups excluding carboxylic acids is 1. The molecule has 5 aliphatic rings. The van der Waals surface area contributed by atoms with Gasteiger partial charge < -0.3 is 14.4 Å². The first-order chi connectivity index (χ1) is 14.6. The van der Waals surface area contributed by atoms with Crippen molar-refractivity contribution < 1.29 is 14.3 Å². The number of amides is 1. The fourth-order valence-electron chi connectivity index (χ4n) is 6.35. The topological polar surface area (TPSA) is 50.8 Å². The Bertz CT molecular complexity index is 728. The van der Waals surface area contributed by atoms with E-state index in [1.54, 1.807) is 0 Å². The number of anilines is 1. The first-order valence-electron chi connectivity index (χ1n) is 11.9. The fourth-order valence-corrected chi connectivity index (χ4v) is 6.35. The van der Waals surface area contributed by atoms with Crippen LogP contribution in [0.5, 0.6) is 5.75 Å². The number of fused-ring (bicyclic) bond motifs is 2. The summed E-state index contributed by atoms with van der Waals surface area (Å²) in [6, 6.07) is 8.00. The van der Waals surface area contributed by atoms with E-state index in [-0.39, 0.29) is 24.6 Å². The Labute approximate surface area is 193 Å². The van der Waals surface area contributed by atoms with E-state index in [4.69, 9.17) is 9.47 Å². The second-order valence-electron chi connectivity index (χ2n) is 9.75. The van der Waals surface area contributed by atoms with Gasteiger partial charge in [-0.15, -0.1) is 12.4 Å². The molecule has 0 radical (unpaired) electrons. The Hall–Kier alpha value is -1.46. The molecular formula is C25H39ClN2O3. The summed E-state index contributed by atoms with van der Waals surface area (Å²) in [4.78, 5) is 15.2. The predicted molar refractivity (Wildman–Crippen MR) is 127 cm³/mol. The molecule has 5 saturated carbocycles. The van der Waals surface area contributed by atoms with Crippen LogP contribution >= 0.6 is 12.4 Å². The maximum absolute atomic E-state index is 12.9. The molecule has 0 aromatic heterocycles. The summed E-state index contributed by atoms with van der Waals surface area (Å²) in [5, 5.41) is 2.97. The Morgan fingerprint density at radius 2 is 1.77 bits per heavy atom. The molecule has 1 N–H and O–H groups in total. The zero-order valence-corrected chi connectivity index (χ0v) is 20.0. The van der Waals surface area contributed by atoms with Crippen LogP contribution < -0.4 is 10.1 Å². The van der Waals surface area contributed by atoms with Gasteiger partial charge in [0, 0.05) is 12.0 Å². The number of para-hydroxylation sites is 2. The summed E-state index contributed by atoms with van der Waals surface area (Å²) in [7, 11) is 4.27. The van der Waals surface area contributed by atoms with Crippen molar-refractivity contribution in [3.8, 4) is 5.75 Å². The van der Waals surface area contributed by atoms with Gasteiger partial charge in [0.1, 0.15) is 11.9 Å². The van der Waals surface area contributed by atoms with Crippen molar-refractivity contribution >= 4 is 24.2 Å². The molecule has 174 valence electrons. The van der Waals surface area contributed by atoms with Crippen molar-refractivity contribution in [2.24, 2.45) is 23.7 Å². The van der Waals surface area contributed by atoms with Crippen LogP contribution in [0.25, 0.3) is 0 Å². The molecule has 1 aromatic carbocycles. The number of unbranched alkanes of at least 4 members (excludes halogenated alkanes) is 3. The quantitative estimate of drug-likeness (QED) is 0.470. The lowest BCUT2D eigenvalue weighted by Gasteiger charge is -2.60. The Balaban J connectivity index is 0.00000272. The molecule has 0 heterocycles. The molecule has 6 heteroatoms. The highest BCUT2D eigenvalue weighted by molar-refractivity contribution is 5.86. The van der Waals surface area contributed by atoms with Crippen LogP contribution in [-0.2, 0) is 4.74 Å². The molecule has 6 unspecified atom stereocenters. The number of halogens is 1. The average molecular weight is 451 g/mol. The zero-order chi connectivity index (χ0) is 21.1. The molecule has 1 aromatic rings. The minimum absolute atomic E-state index is 0. The molecule has 4 bridgehead atoms. The number of ether oxygens (including phenoxy) is 2. The molecule has 6 atom stereocenters. The molecule has 5 nitrogen and oxygen atoms in total. The van der Waals surface area contributed by atoms with Gasteiger partial charge in [-0.05, 0) is 76.1 Å². The van der Waals surface area contributed by atoms with Crippen LogP contribution in [0, 0.1) is 23.7 Å². The van der Waals surface area contributed by atoms with Crippen molar-refractivity contribution in [1.29, 1.82) is 0 Å². The minimum Gasteiger partial charge on any atom is -0.491 e. The lowest BCUT2D eigenvalue weighted by molar-refractivity contribution is -0.148. The smallest absolute Gasteiger partial charge is 0.412 e. The lowest BCUT2D eigenvalue weighted by atomic mass is 9.50. The van der Waals surface area contributed by atoms with E-state index in [0.29, 0.717) is 30.2 Å². The van der Waals surface area contributed by atoms with Crippen LogP contribution in [0.15, 0.2) is 24.3 Å². The summed E-state index contributed by atoms with van der Waals surface area (Å²) in [5.41, 5.74) is 0.696. The molecule has 5 aliphatic carbocycles. The molecule has 1 amide bonds. The van der Waals surface area contributed by atoms with Gasteiger partial charge in [-0.3, -0.25) is 5.32 Å². The van der Waals surface area contributed by atoms with Gasteiger partial charge in [0.05, 0.1) is 12.3 Å². The van der Waals surface area contributed by atoms with Crippen molar-refractivity contribution in [1.82, 2.24) is 4.90 Å². The van der Waals surface area contributed by atoms with Crippen molar-refractivity contribution in [3.05, 3.63) is 24.3 Å². The zero-order valence-electron chi connectivity index (χ0n) is 19.2. The SMILES string of the molecule is CCCCCCOc1ccccc1NC(=O)OC1C2CC3CCC2CC3C1N(C)C.Cl.